The molecule has 150 valence electrons. The fourth-order valence-electron chi connectivity index (χ4n) is 4.49. The van der Waals surface area contributed by atoms with E-state index in [4.69, 9.17) is 4.74 Å². The second kappa shape index (κ2) is 8.17. The second-order valence-electron chi connectivity index (χ2n) is 7.82. The number of aromatic nitrogens is 1. The summed E-state index contributed by atoms with van der Waals surface area (Å²) in [6, 6.07) is 29.4. The molecule has 0 radical (unpaired) electrons. The first-order valence-electron chi connectivity index (χ1n) is 10.5. The molecule has 0 spiro atoms. The van der Waals surface area contributed by atoms with Gasteiger partial charge in [0.1, 0.15) is 0 Å². The SMILES string of the molecule is O=C1OCC[C@H]1[NH2+]C[C@@H](c1ccccc1)c1c(-c2ccccc2)[nH]c2ccccc12. The van der Waals surface area contributed by atoms with Crippen molar-refractivity contribution in [1.29, 1.82) is 0 Å². The van der Waals surface area contributed by atoms with Crippen LogP contribution in [-0.2, 0) is 9.53 Å². The van der Waals surface area contributed by atoms with Crippen molar-refractivity contribution in [2.75, 3.05) is 13.2 Å². The maximum Gasteiger partial charge on any atom is 0.364 e. The molecule has 3 N–H and O–H groups in total. The van der Waals surface area contributed by atoms with Crippen molar-refractivity contribution in [3.05, 3.63) is 96.1 Å². The molecule has 1 aliphatic heterocycles. The number of ether oxygens (including phenoxy) is 1. The van der Waals surface area contributed by atoms with E-state index < -0.39 is 0 Å². The van der Waals surface area contributed by atoms with Gasteiger partial charge in [-0.25, -0.2) is 4.79 Å². The summed E-state index contributed by atoms with van der Waals surface area (Å²) >= 11 is 0. The summed E-state index contributed by atoms with van der Waals surface area (Å²) < 4.78 is 5.18. The lowest BCUT2D eigenvalue weighted by molar-refractivity contribution is -0.677. The third kappa shape index (κ3) is 3.51. The molecule has 0 unspecified atom stereocenters. The highest BCUT2D eigenvalue weighted by Crippen LogP contribution is 2.38. The first kappa shape index (κ1) is 18.6. The lowest BCUT2D eigenvalue weighted by Gasteiger charge is -2.19. The predicted octanol–water partition coefficient (Wildman–Crippen LogP) is 3.85. The van der Waals surface area contributed by atoms with E-state index in [2.05, 4.69) is 83.1 Å². The first-order valence-corrected chi connectivity index (χ1v) is 10.5. The van der Waals surface area contributed by atoms with Crippen LogP contribution in [0.1, 0.15) is 23.5 Å². The summed E-state index contributed by atoms with van der Waals surface area (Å²) in [6.07, 6.45) is 0.778. The minimum Gasteiger partial charge on any atom is -0.461 e. The third-order valence-corrected chi connectivity index (χ3v) is 5.99. The van der Waals surface area contributed by atoms with Gasteiger partial charge in [0.2, 0.25) is 0 Å². The summed E-state index contributed by atoms with van der Waals surface area (Å²) in [5.41, 5.74) is 5.98. The van der Waals surface area contributed by atoms with Crippen molar-refractivity contribution in [2.24, 2.45) is 0 Å². The van der Waals surface area contributed by atoms with Gasteiger partial charge in [-0.15, -0.1) is 0 Å². The van der Waals surface area contributed by atoms with E-state index in [9.17, 15) is 4.79 Å². The Kier molecular flexibility index (Phi) is 5.08. The van der Waals surface area contributed by atoms with E-state index in [1.807, 2.05) is 12.1 Å². The van der Waals surface area contributed by atoms with Crippen LogP contribution < -0.4 is 5.32 Å². The molecule has 3 aromatic carbocycles. The molecule has 2 atom stereocenters. The number of quaternary nitrogens is 1. The number of fused-ring (bicyclic) bond motifs is 1. The third-order valence-electron chi connectivity index (χ3n) is 5.99. The van der Waals surface area contributed by atoms with Gasteiger partial charge in [-0.3, -0.25) is 0 Å². The Hall–Kier alpha value is -3.37. The Bertz CT molecular complexity index is 1150. The van der Waals surface area contributed by atoms with Crippen LogP contribution in [0.5, 0.6) is 0 Å². The lowest BCUT2D eigenvalue weighted by atomic mass is 9.87. The number of nitrogens with one attached hydrogen (secondary N) is 1. The average Bonchev–Trinajstić information content (AvgIpc) is 3.39. The Balaban J connectivity index is 1.64. The molecule has 4 aromatic rings. The number of hydrogen-bond acceptors (Lipinski definition) is 2. The highest BCUT2D eigenvalue weighted by atomic mass is 16.5. The van der Waals surface area contributed by atoms with Crippen LogP contribution in [0.25, 0.3) is 22.2 Å². The van der Waals surface area contributed by atoms with Gasteiger partial charge in [0.25, 0.3) is 0 Å². The van der Waals surface area contributed by atoms with E-state index in [1.165, 1.54) is 22.1 Å². The van der Waals surface area contributed by atoms with Gasteiger partial charge in [0.05, 0.1) is 24.8 Å². The maximum atomic E-state index is 12.1. The molecular weight excluding hydrogens is 372 g/mol. The molecule has 4 heteroatoms. The van der Waals surface area contributed by atoms with Crippen molar-refractivity contribution >= 4 is 16.9 Å². The number of H-pyrrole nitrogens is 1. The van der Waals surface area contributed by atoms with Gasteiger partial charge >= 0.3 is 5.97 Å². The van der Waals surface area contributed by atoms with Crippen molar-refractivity contribution in [2.45, 2.75) is 18.4 Å². The highest BCUT2D eigenvalue weighted by Gasteiger charge is 2.32. The first-order chi connectivity index (χ1) is 14.8. The molecule has 2 heterocycles. The number of esters is 1. The molecule has 1 fully saturated rings. The molecular formula is C26H25N2O2+. The van der Waals surface area contributed by atoms with Gasteiger partial charge < -0.3 is 15.0 Å². The van der Waals surface area contributed by atoms with Gasteiger partial charge in [-0.1, -0.05) is 78.9 Å². The zero-order chi connectivity index (χ0) is 20.3. The Labute approximate surface area is 175 Å². The van der Waals surface area contributed by atoms with Gasteiger partial charge in [-0.2, -0.15) is 0 Å². The van der Waals surface area contributed by atoms with Crippen molar-refractivity contribution in [3.8, 4) is 11.3 Å². The van der Waals surface area contributed by atoms with Gasteiger partial charge in [0, 0.05) is 17.3 Å². The largest absolute Gasteiger partial charge is 0.461 e. The molecule has 4 nitrogen and oxygen atoms in total. The zero-order valence-electron chi connectivity index (χ0n) is 16.8. The average molecular weight is 397 g/mol. The van der Waals surface area contributed by atoms with Crippen LogP contribution in [0.15, 0.2) is 84.9 Å². The molecule has 0 amide bonds. The molecule has 5 rings (SSSR count). The number of carbonyl (C=O) groups is 1. The van der Waals surface area contributed by atoms with E-state index >= 15 is 0 Å². The van der Waals surface area contributed by atoms with Crippen LogP contribution in [0.2, 0.25) is 0 Å². The summed E-state index contributed by atoms with van der Waals surface area (Å²) in [4.78, 5) is 15.7. The van der Waals surface area contributed by atoms with Crippen LogP contribution in [0.4, 0.5) is 0 Å². The quantitative estimate of drug-likeness (QED) is 0.486. The monoisotopic (exact) mass is 397 g/mol. The highest BCUT2D eigenvalue weighted by molar-refractivity contribution is 5.92. The molecule has 1 aromatic heterocycles. The number of hydrogen-bond donors (Lipinski definition) is 2. The number of cyclic esters (lactones) is 1. The van der Waals surface area contributed by atoms with E-state index in [0.29, 0.717) is 6.61 Å². The number of carbonyl (C=O) groups excluding carboxylic acids is 1. The fourth-order valence-corrected chi connectivity index (χ4v) is 4.49. The van der Waals surface area contributed by atoms with E-state index in [1.54, 1.807) is 0 Å². The van der Waals surface area contributed by atoms with Crippen LogP contribution in [0, 0.1) is 0 Å². The molecule has 1 aliphatic rings. The smallest absolute Gasteiger partial charge is 0.364 e. The normalized spacial score (nSPS) is 17.2. The molecule has 30 heavy (non-hydrogen) atoms. The summed E-state index contributed by atoms with van der Waals surface area (Å²) in [7, 11) is 0. The Morgan fingerprint density at radius 3 is 2.37 bits per heavy atom. The summed E-state index contributed by atoms with van der Waals surface area (Å²) in [5.74, 6) is 0.0509. The fraction of sp³-hybridized carbons (Fsp3) is 0.192. The predicted molar refractivity (Wildman–Crippen MR) is 118 cm³/mol. The summed E-state index contributed by atoms with van der Waals surface area (Å²) in [6.45, 7) is 1.31. The van der Waals surface area contributed by atoms with Crippen molar-refractivity contribution < 1.29 is 14.8 Å². The second-order valence-corrected chi connectivity index (χ2v) is 7.82. The number of rotatable bonds is 6. The zero-order valence-corrected chi connectivity index (χ0v) is 16.8. The van der Waals surface area contributed by atoms with Crippen LogP contribution in [-0.4, -0.2) is 30.1 Å². The molecule has 0 aliphatic carbocycles. The number of aromatic amines is 1. The number of nitrogens with two attached hydrogens (primary N) is 1. The van der Waals surface area contributed by atoms with Crippen LogP contribution >= 0.6 is 0 Å². The molecule has 1 saturated heterocycles. The van der Waals surface area contributed by atoms with E-state index in [0.717, 1.165) is 24.2 Å². The van der Waals surface area contributed by atoms with Crippen molar-refractivity contribution in [1.82, 2.24) is 4.98 Å². The Morgan fingerprint density at radius 2 is 1.63 bits per heavy atom. The van der Waals surface area contributed by atoms with Crippen molar-refractivity contribution in [3.63, 3.8) is 0 Å². The Morgan fingerprint density at radius 1 is 0.933 bits per heavy atom. The van der Waals surface area contributed by atoms with Crippen LogP contribution in [0.3, 0.4) is 0 Å². The minimum atomic E-state index is -0.110. The van der Waals surface area contributed by atoms with E-state index in [-0.39, 0.29) is 17.9 Å². The standard InChI is InChI=1S/C26H24N2O2/c29-26-23(15-16-30-26)27-17-21(18-9-3-1-4-10-18)24-20-13-7-8-14-22(20)28-25(24)19-11-5-2-6-12-19/h1-14,21,23,27-28H,15-17H2/p+1/t21-,23+/m0/s1. The lowest BCUT2D eigenvalue weighted by Crippen LogP contribution is -2.92. The topological polar surface area (TPSA) is 58.7 Å². The van der Waals surface area contributed by atoms with Gasteiger partial charge in [-0.05, 0) is 22.8 Å². The number of para-hydroxylation sites is 1. The minimum absolute atomic E-state index is 0.0935. The molecule has 0 saturated carbocycles. The molecule has 0 bridgehead atoms. The van der Waals surface area contributed by atoms with Gasteiger partial charge in [0.15, 0.2) is 6.04 Å². The maximum absolute atomic E-state index is 12.1. The summed E-state index contributed by atoms with van der Waals surface area (Å²) in [5, 5.41) is 3.39. The number of benzene rings is 3.